The van der Waals surface area contributed by atoms with Gasteiger partial charge in [-0.05, 0) is 58.5 Å². The number of carbonyl (C=O) groups excluding carboxylic acids is 2. The Morgan fingerprint density at radius 2 is 1.68 bits per heavy atom. The second-order valence-corrected chi connectivity index (χ2v) is 9.79. The number of thioether (sulfide) groups is 2. The summed E-state index contributed by atoms with van der Waals surface area (Å²) < 4.78 is 11.0. The maximum atomic E-state index is 12.5. The molecule has 1 saturated heterocycles. The van der Waals surface area contributed by atoms with E-state index in [0.717, 1.165) is 10.8 Å². The van der Waals surface area contributed by atoms with Gasteiger partial charge in [-0.15, -0.1) is 23.5 Å². The molecule has 1 aliphatic rings. The summed E-state index contributed by atoms with van der Waals surface area (Å²) in [6, 6.07) is 19.0. The maximum Gasteiger partial charge on any atom is 0.339 e. The van der Waals surface area contributed by atoms with Gasteiger partial charge in [-0.2, -0.15) is 0 Å². The number of fused-ring (bicyclic) bond motifs is 1. The second-order valence-electron chi connectivity index (χ2n) is 7.07. The number of benzene rings is 3. The van der Waals surface area contributed by atoms with Crippen LogP contribution in [0.15, 0.2) is 60.7 Å². The van der Waals surface area contributed by atoms with Crippen molar-refractivity contribution < 1.29 is 19.1 Å². The molecule has 31 heavy (non-hydrogen) atoms. The molecule has 1 amide bonds. The van der Waals surface area contributed by atoms with Gasteiger partial charge >= 0.3 is 5.97 Å². The van der Waals surface area contributed by atoms with Crippen LogP contribution in [0.4, 0.5) is 5.69 Å². The summed E-state index contributed by atoms with van der Waals surface area (Å²) in [5.41, 5.74) is 1.98. The summed E-state index contributed by atoms with van der Waals surface area (Å²) in [4.78, 5) is 24.7. The summed E-state index contributed by atoms with van der Waals surface area (Å²) in [5, 5.41) is 4.59. The first kappa shape index (κ1) is 21.6. The van der Waals surface area contributed by atoms with Crippen molar-refractivity contribution in [1.82, 2.24) is 0 Å². The van der Waals surface area contributed by atoms with Crippen LogP contribution in [0.2, 0.25) is 0 Å². The standard InChI is InChI=1S/C24H23NO4S2/c1-28-23(27)20-13-17-5-2-3-6-18(17)14-21(20)25-22(26)15-29-19-9-7-16(8-10-19)24-30-11-4-12-31-24/h2-3,5-10,13-14,24H,4,11-12,15H2,1H3,(H,25,26). The minimum Gasteiger partial charge on any atom is -0.484 e. The van der Waals surface area contributed by atoms with Crippen molar-refractivity contribution in [3.8, 4) is 5.75 Å². The topological polar surface area (TPSA) is 64.6 Å². The average molecular weight is 454 g/mol. The number of anilines is 1. The first-order valence-corrected chi connectivity index (χ1v) is 12.1. The Morgan fingerprint density at radius 1 is 1.00 bits per heavy atom. The van der Waals surface area contributed by atoms with Gasteiger partial charge in [0.05, 0.1) is 22.9 Å². The number of methoxy groups -OCH3 is 1. The van der Waals surface area contributed by atoms with Crippen LogP contribution in [0, 0.1) is 0 Å². The highest BCUT2D eigenvalue weighted by atomic mass is 32.2. The number of esters is 1. The fourth-order valence-electron chi connectivity index (χ4n) is 3.36. The predicted octanol–water partition coefficient (Wildman–Crippen LogP) is 5.51. The van der Waals surface area contributed by atoms with E-state index in [0.29, 0.717) is 21.6 Å². The van der Waals surface area contributed by atoms with Crippen LogP contribution in [0.5, 0.6) is 5.75 Å². The van der Waals surface area contributed by atoms with Crippen molar-refractivity contribution in [3.63, 3.8) is 0 Å². The summed E-state index contributed by atoms with van der Waals surface area (Å²) in [6.07, 6.45) is 1.26. The van der Waals surface area contributed by atoms with Gasteiger partial charge in [-0.1, -0.05) is 36.4 Å². The van der Waals surface area contributed by atoms with Crippen molar-refractivity contribution in [2.45, 2.75) is 11.0 Å². The Kier molecular flexibility index (Phi) is 7.04. The number of rotatable bonds is 6. The van der Waals surface area contributed by atoms with Gasteiger partial charge in [-0.3, -0.25) is 4.79 Å². The molecule has 0 spiro atoms. The molecule has 7 heteroatoms. The lowest BCUT2D eigenvalue weighted by molar-refractivity contribution is -0.118. The van der Waals surface area contributed by atoms with Crippen LogP contribution in [0.1, 0.15) is 26.9 Å². The molecule has 1 fully saturated rings. The normalized spacial score (nSPS) is 14.2. The fraction of sp³-hybridized carbons (Fsp3) is 0.250. The number of ether oxygens (including phenoxy) is 2. The first-order chi connectivity index (χ1) is 15.1. The highest BCUT2D eigenvalue weighted by molar-refractivity contribution is 8.16. The lowest BCUT2D eigenvalue weighted by Crippen LogP contribution is -2.21. The van der Waals surface area contributed by atoms with Crippen molar-refractivity contribution in [3.05, 3.63) is 71.8 Å². The molecular weight excluding hydrogens is 430 g/mol. The van der Waals surface area contributed by atoms with Gasteiger partial charge in [0, 0.05) is 0 Å². The van der Waals surface area contributed by atoms with E-state index in [1.54, 1.807) is 12.1 Å². The van der Waals surface area contributed by atoms with Crippen LogP contribution in [0.3, 0.4) is 0 Å². The lowest BCUT2D eigenvalue weighted by Gasteiger charge is -2.21. The van der Waals surface area contributed by atoms with E-state index in [1.165, 1.54) is 30.6 Å². The van der Waals surface area contributed by atoms with Gasteiger partial charge in [0.1, 0.15) is 5.75 Å². The number of carbonyl (C=O) groups is 2. The molecule has 0 atom stereocenters. The molecule has 1 heterocycles. The third-order valence-corrected chi connectivity index (χ3v) is 7.93. The average Bonchev–Trinajstić information content (AvgIpc) is 2.82. The third-order valence-electron chi connectivity index (χ3n) is 4.91. The summed E-state index contributed by atoms with van der Waals surface area (Å²) in [6.45, 7) is -0.153. The zero-order chi connectivity index (χ0) is 21.6. The van der Waals surface area contributed by atoms with Crippen LogP contribution in [-0.2, 0) is 9.53 Å². The zero-order valence-electron chi connectivity index (χ0n) is 17.1. The Bertz CT molecular complexity index is 1080. The summed E-state index contributed by atoms with van der Waals surface area (Å²) in [7, 11) is 1.32. The SMILES string of the molecule is COC(=O)c1cc2ccccc2cc1NC(=O)COc1ccc(C2SCCCS2)cc1. The minimum atomic E-state index is -0.504. The van der Waals surface area contributed by atoms with E-state index >= 15 is 0 Å². The van der Waals surface area contributed by atoms with Crippen LogP contribution in [0.25, 0.3) is 10.8 Å². The molecule has 3 aromatic rings. The van der Waals surface area contributed by atoms with Crippen LogP contribution >= 0.6 is 23.5 Å². The maximum absolute atomic E-state index is 12.5. The molecule has 0 aromatic heterocycles. The van der Waals surface area contributed by atoms with E-state index in [1.807, 2.05) is 59.9 Å². The van der Waals surface area contributed by atoms with Crippen LogP contribution in [-0.4, -0.2) is 37.1 Å². The molecule has 3 aromatic carbocycles. The van der Waals surface area contributed by atoms with Gasteiger partial charge in [0.25, 0.3) is 5.91 Å². The van der Waals surface area contributed by atoms with Crippen molar-refractivity contribution in [2.24, 2.45) is 0 Å². The third kappa shape index (κ3) is 5.35. The lowest BCUT2D eigenvalue weighted by atomic mass is 10.0. The zero-order valence-corrected chi connectivity index (χ0v) is 18.8. The summed E-state index contributed by atoms with van der Waals surface area (Å²) >= 11 is 3.94. The van der Waals surface area contributed by atoms with E-state index < -0.39 is 5.97 Å². The molecule has 0 unspecified atom stereocenters. The van der Waals surface area contributed by atoms with E-state index in [4.69, 9.17) is 9.47 Å². The van der Waals surface area contributed by atoms with Crippen molar-refractivity contribution in [2.75, 3.05) is 30.5 Å². The summed E-state index contributed by atoms with van der Waals surface area (Å²) in [5.74, 6) is 2.17. The Labute approximate surface area is 189 Å². The fourth-order valence-corrected chi connectivity index (χ4v) is 6.25. The van der Waals surface area contributed by atoms with Crippen LogP contribution < -0.4 is 10.1 Å². The molecule has 4 rings (SSSR count). The van der Waals surface area contributed by atoms with Gasteiger partial charge in [-0.25, -0.2) is 4.79 Å². The number of hydrogen-bond donors (Lipinski definition) is 1. The Morgan fingerprint density at radius 3 is 2.35 bits per heavy atom. The molecule has 0 bridgehead atoms. The van der Waals surface area contributed by atoms with Crippen molar-refractivity contribution in [1.29, 1.82) is 0 Å². The molecule has 0 saturated carbocycles. The highest BCUT2D eigenvalue weighted by Gasteiger charge is 2.17. The van der Waals surface area contributed by atoms with E-state index in [-0.39, 0.29) is 12.5 Å². The number of hydrogen-bond acceptors (Lipinski definition) is 6. The van der Waals surface area contributed by atoms with E-state index in [9.17, 15) is 9.59 Å². The van der Waals surface area contributed by atoms with Gasteiger partial charge in [0.15, 0.2) is 6.61 Å². The van der Waals surface area contributed by atoms with Gasteiger partial charge < -0.3 is 14.8 Å². The molecule has 160 valence electrons. The molecule has 1 aliphatic heterocycles. The molecule has 1 N–H and O–H groups in total. The monoisotopic (exact) mass is 453 g/mol. The quantitative estimate of drug-likeness (QED) is 0.496. The number of amides is 1. The molecule has 5 nitrogen and oxygen atoms in total. The van der Waals surface area contributed by atoms with E-state index in [2.05, 4.69) is 17.4 Å². The number of nitrogens with one attached hydrogen (secondary N) is 1. The highest BCUT2D eigenvalue weighted by Crippen LogP contribution is 2.43. The molecule has 0 radical (unpaired) electrons. The Hall–Kier alpha value is -2.64. The largest absolute Gasteiger partial charge is 0.484 e. The second kappa shape index (κ2) is 10.1. The predicted molar refractivity (Wildman–Crippen MR) is 128 cm³/mol. The van der Waals surface area contributed by atoms with Crippen molar-refractivity contribution >= 4 is 51.9 Å². The molecule has 0 aliphatic carbocycles. The molecular formula is C24H23NO4S2. The smallest absolute Gasteiger partial charge is 0.339 e. The van der Waals surface area contributed by atoms with Gasteiger partial charge in [0.2, 0.25) is 0 Å². The minimum absolute atomic E-state index is 0.153. The first-order valence-electron chi connectivity index (χ1n) is 10.0. The Balaban J connectivity index is 1.41.